The Morgan fingerprint density at radius 2 is 1.88 bits per heavy atom. The summed E-state index contributed by atoms with van der Waals surface area (Å²) in [5.74, 6) is 0.192. The second kappa shape index (κ2) is 7.65. The third kappa shape index (κ3) is 4.97. The molecule has 6 nitrogen and oxygen atoms in total. The molecule has 1 aliphatic heterocycles. The van der Waals surface area contributed by atoms with Crippen molar-refractivity contribution in [1.29, 1.82) is 0 Å². The van der Waals surface area contributed by atoms with E-state index in [4.69, 9.17) is 21.5 Å². The molecule has 8 heteroatoms. The summed E-state index contributed by atoms with van der Waals surface area (Å²) in [4.78, 5) is 12.4. The number of fused-ring (bicyclic) bond motifs is 1. The zero-order chi connectivity index (χ0) is 18.7. The van der Waals surface area contributed by atoms with Gasteiger partial charge in [-0.3, -0.25) is 4.79 Å². The maximum atomic E-state index is 12.4. The Morgan fingerprint density at radius 3 is 2.58 bits per heavy atom. The van der Waals surface area contributed by atoms with Crippen LogP contribution in [0.1, 0.15) is 16.7 Å². The standard InChI is InChI=1S/C18H19ClN2O4S/c19-16-5-6-17-14(8-16)7-15(10-25-17)18(22)21-9-12-1-3-13(4-2-12)11-26(20,23)24/h1-6,8,15H,7,9-11H2,(H,21,22)(H2,20,23,24). The minimum absolute atomic E-state index is 0.0933. The summed E-state index contributed by atoms with van der Waals surface area (Å²) in [6, 6.07) is 12.3. The second-order valence-electron chi connectivity index (χ2n) is 6.31. The highest BCUT2D eigenvalue weighted by molar-refractivity contribution is 7.88. The zero-order valence-corrected chi connectivity index (χ0v) is 15.5. The molecular formula is C18H19ClN2O4S. The van der Waals surface area contributed by atoms with Crippen LogP contribution in [-0.4, -0.2) is 20.9 Å². The molecule has 1 heterocycles. The number of primary sulfonamides is 1. The van der Waals surface area contributed by atoms with Crippen LogP contribution in [0.5, 0.6) is 5.75 Å². The van der Waals surface area contributed by atoms with E-state index in [0.29, 0.717) is 30.2 Å². The van der Waals surface area contributed by atoms with Crippen molar-refractivity contribution in [2.45, 2.75) is 18.7 Å². The monoisotopic (exact) mass is 394 g/mol. The van der Waals surface area contributed by atoms with Crippen molar-refractivity contribution < 1.29 is 17.9 Å². The van der Waals surface area contributed by atoms with Crippen LogP contribution < -0.4 is 15.2 Å². The van der Waals surface area contributed by atoms with E-state index in [-0.39, 0.29) is 17.6 Å². The molecule has 0 saturated carbocycles. The normalized spacial score (nSPS) is 16.5. The van der Waals surface area contributed by atoms with E-state index < -0.39 is 10.0 Å². The quantitative estimate of drug-likeness (QED) is 0.810. The SMILES string of the molecule is NS(=O)(=O)Cc1ccc(CNC(=O)C2COc3ccc(Cl)cc3C2)cc1. The van der Waals surface area contributed by atoms with Gasteiger partial charge >= 0.3 is 0 Å². The van der Waals surface area contributed by atoms with E-state index in [0.717, 1.165) is 16.9 Å². The number of sulfonamides is 1. The summed E-state index contributed by atoms with van der Waals surface area (Å²) >= 11 is 6.00. The molecule has 0 aliphatic carbocycles. The lowest BCUT2D eigenvalue weighted by Gasteiger charge is -2.24. The lowest BCUT2D eigenvalue weighted by Crippen LogP contribution is -2.37. The molecule has 0 fully saturated rings. The molecule has 1 aliphatic rings. The van der Waals surface area contributed by atoms with E-state index in [1.807, 2.05) is 12.1 Å². The highest BCUT2D eigenvalue weighted by atomic mass is 35.5. The topological polar surface area (TPSA) is 98.5 Å². The van der Waals surface area contributed by atoms with Crippen LogP contribution in [0, 0.1) is 5.92 Å². The number of nitrogens with one attached hydrogen (secondary N) is 1. The summed E-state index contributed by atoms with van der Waals surface area (Å²) in [6.07, 6.45) is 0.578. The number of nitrogens with two attached hydrogens (primary N) is 1. The molecule has 1 atom stereocenters. The van der Waals surface area contributed by atoms with Gasteiger partial charge in [-0.05, 0) is 41.3 Å². The molecule has 0 bridgehead atoms. The van der Waals surface area contributed by atoms with Gasteiger partial charge in [0.2, 0.25) is 15.9 Å². The number of amides is 1. The molecule has 2 aromatic carbocycles. The minimum atomic E-state index is -3.55. The largest absolute Gasteiger partial charge is 0.492 e. The van der Waals surface area contributed by atoms with Crippen LogP contribution in [0.2, 0.25) is 5.02 Å². The van der Waals surface area contributed by atoms with Crippen molar-refractivity contribution in [2.24, 2.45) is 11.1 Å². The summed E-state index contributed by atoms with van der Waals surface area (Å²) in [5, 5.41) is 8.53. The molecular weight excluding hydrogens is 376 g/mol. The Hall–Kier alpha value is -2.09. The Morgan fingerprint density at radius 1 is 1.19 bits per heavy atom. The molecule has 1 amide bonds. The van der Waals surface area contributed by atoms with Gasteiger partial charge in [-0.15, -0.1) is 0 Å². The number of halogens is 1. The maximum absolute atomic E-state index is 12.4. The smallest absolute Gasteiger partial charge is 0.227 e. The van der Waals surface area contributed by atoms with Crippen LogP contribution in [0.15, 0.2) is 42.5 Å². The first kappa shape index (κ1) is 18.7. The fraction of sp³-hybridized carbons (Fsp3) is 0.278. The Kier molecular flexibility index (Phi) is 5.50. The predicted molar refractivity (Wildman–Crippen MR) is 99.2 cm³/mol. The van der Waals surface area contributed by atoms with Gasteiger partial charge in [-0.25, -0.2) is 13.6 Å². The highest BCUT2D eigenvalue weighted by Crippen LogP contribution is 2.29. The maximum Gasteiger partial charge on any atom is 0.227 e. The molecule has 3 rings (SSSR count). The van der Waals surface area contributed by atoms with Crippen LogP contribution >= 0.6 is 11.6 Å². The first-order valence-electron chi connectivity index (χ1n) is 8.07. The van der Waals surface area contributed by atoms with Gasteiger partial charge < -0.3 is 10.1 Å². The van der Waals surface area contributed by atoms with Gasteiger partial charge in [0.05, 0.1) is 11.7 Å². The van der Waals surface area contributed by atoms with E-state index >= 15 is 0 Å². The zero-order valence-electron chi connectivity index (χ0n) is 13.9. The van der Waals surface area contributed by atoms with E-state index in [9.17, 15) is 13.2 Å². The number of rotatable bonds is 5. The number of benzene rings is 2. The van der Waals surface area contributed by atoms with Crippen LogP contribution in [0.4, 0.5) is 0 Å². The van der Waals surface area contributed by atoms with E-state index in [1.165, 1.54) is 0 Å². The average Bonchev–Trinajstić information content (AvgIpc) is 2.59. The highest BCUT2D eigenvalue weighted by Gasteiger charge is 2.26. The van der Waals surface area contributed by atoms with Crippen molar-refractivity contribution in [3.05, 3.63) is 64.2 Å². The van der Waals surface area contributed by atoms with E-state index in [2.05, 4.69) is 5.32 Å². The molecule has 0 radical (unpaired) electrons. The van der Waals surface area contributed by atoms with Gasteiger partial charge in [-0.1, -0.05) is 35.9 Å². The number of hydrogen-bond donors (Lipinski definition) is 2. The molecule has 3 N–H and O–H groups in total. The molecule has 0 spiro atoms. The average molecular weight is 395 g/mol. The first-order chi connectivity index (χ1) is 12.3. The summed E-state index contributed by atoms with van der Waals surface area (Å²) in [6.45, 7) is 0.682. The molecule has 1 unspecified atom stereocenters. The predicted octanol–water partition coefficient (Wildman–Crippen LogP) is 2.00. The summed E-state index contributed by atoms with van der Waals surface area (Å²) in [5.41, 5.74) is 2.41. The number of hydrogen-bond acceptors (Lipinski definition) is 4. The number of carbonyl (C=O) groups is 1. The summed E-state index contributed by atoms with van der Waals surface area (Å²) < 4.78 is 27.8. The van der Waals surface area contributed by atoms with Crippen molar-refractivity contribution >= 4 is 27.5 Å². The van der Waals surface area contributed by atoms with Crippen molar-refractivity contribution in [3.8, 4) is 5.75 Å². The second-order valence-corrected chi connectivity index (χ2v) is 8.36. The van der Waals surface area contributed by atoms with Gasteiger partial charge in [0.1, 0.15) is 12.4 Å². The van der Waals surface area contributed by atoms with Gasteiger partial charge in [0.25, 0.3) is 0 Å². The molecule has 2 aromatic rings. The van der Waals surface area contributed by atoms with Gasteiger partial charge in [-0.2, -0.15) is 0 Å². The third-order valence-corrected chi connectivity index (χ3v) is 5.13. The Bertz CT molecular complexity index is 913. The van der Waals surface area contributed by atoms with Gasteiger partial charge in [0, 0.05) is 11.6 Å². The molecule has 26 heavy (non-hydrogen) atoms. The van der Waals surface area contributed by atoms with Crippen LogP contribution in [-0.2, 0) is 33.5 Å². The van der Waals surface area contributed by atoms with Crippen LogP contribution in [0.3, 0.4) is 0 Å². The molecule has 0 saturated heterocycles. The summed E-state index contributed by atoms with van der Waals surface area (Å²) in [7, 11) is -3.55. The number of carbonyl (C=O) groups excluding carboxylic acids is 1. The molecule has 0 aromatic heterocycles. The van der Waals surface area contributed by atoms with Crippen LogP contribution in [0.25, 0.3) is 0 Å². The fourth-order valence-corrected chi connectivity index (χ4v) is 3.70. The Balaban J connectivity index is 1.56. The molecule has 138 valence electrons. The fourth-order valence-electron chi connectivity index (χ4n) is 2.85. The number of ether oxygens (including phenoxy) is 1. The van der Waals surface area contributed by atoms with Crippen molar-refractivity contribution in [3.63, 3.8) is 0 Å². The van der Waals surface area contributed by atoms with Crippen molar-refractivity contribution in [2.75, 3.05) is 6.61 Å². The minimum Gasteiger partial charge on any atom is -0.492 e. The van der Waals surface area contributed by atoms with Crippen molar-refractivity contribution in [1.82, 2.24) is 5.32 Å². The third-order valence-electron chi connectivity index (χ3n) is 4.16. The Labute approximate surface area is 157 Å². The first-order valence-corrected chi connectivity index (χ1v) is 10.2. The van der Waals surface area contributed by atoms with E-state index in [1.54, 1.807) is 30.3 Å². The van der Waals surface area contributed by atoms with Gasteiger partial charge in [0.15, 0.2) is 0 Å². The lowest BCUT2D eigenvalue weighted by atomic mass is 9.96. The lowest BCUT2D eigenvalue weighted by molar-refractivity contribution is -0.126.